The van der Waals surface area contributed by atoms with Gasteiger partial charge in [0.25, 0.3) is 0 Å². The van der Waals surface area contributed by atoms with Crippen LogP contribution in [-0.2, 0) is 14.4 Å². The number of benzene rings is 2. The zero-order valence-corrected chi connectivity index (χ0v) is 19.4. The van der Waals surface area contributed by atoms with Crippen LogP contribution in [0, 0.1) is 0 Å². The number of para-hydroxylation sites is 1. The Morgan fingerprint density at radius 1 is 0.912 bits per heavy atom. The molecule has 0 aliphatic rings. The average molecular weight is 468 g/mol. The maximum atomic E-state index is 13.3. The molecule has 0 radical (unpaired) electrons. The van der Waals surface area contributed by atoms with Gasteiger partial charge in [0.2, 0.25) is 17.7 Å². The van der Waals surface area contributed by atoms with E-state index in [2.05, 4.69) is 10.3 Å². The first-order valence-corrected chi connectivity index (χ1v) is 11.0. The maximum absolute atomic E-state index is 13.3. The van der Waals surface area contributed by atoms with Crippen LogP contribution in [0.3, 0.4) is 0 Å². The minimum absolute atomic E-state index is 0.0219. The van der Waals surface area contributed by atoms with Crippen molar-refractivity contribution >= 4 is 29.4 Å². The molecule has 0 saturated carbocycles. The minimum Gasteiger partial charge on any atom is -0.370 e. The second-order valence-electron chi connectivity index (χ2n) is 7.73. The highest BCUT2D eigenvalue weighted by Gasteiger charge is 2.27. The van der Waals surface area contributed by atoms with Crippen LogP contribution in [0.15, 0.2) is 65.7 Å². The van der Waals surface area contributed by atoms with E-state index in [0.717, 1.165) is 5.56 Å². The van der Waals surface area contributed by atoms with E-state index in [1.54, 1.807) is 24.3 Å². The number of carbonyl (C=O) groups excluding carboxylic acids is 3. The standard InChI is InChI=1S/C24H33N7O3/c1-18(19-9-4-2-5-10-19)30(16-21(25)32)23(34)17-31(20-11-6-3-7-12-20)22(33)15-28-13-8-14-29-24(26)27/h2-7,9-12,18,28H,8,13-17H2,1H3,(H2,25,32)(H4,26,27,29)/t18-/m1/s1. The van der Waals surface area contributed by atoms with Crippen molar-refractivity contribution in [2.45, 2.75) is 19.4 Å². The Bertz CT molecular complexity index is 963. The summed E-state index contributed by atoms with van der Waals surface area (Å²) in [6.45, 7) is 2.33. The van der Waals surface area contributed by atoms with Crippen molar-refractivity contribution in [2.75, 3.05) is 37.6 Å². The number of carbonyl (C=O) groups is 3. The van der Waals surface area contributed by atoms with Crippen LogP contribution in [0.4, 0.5) is 5.69 Å². The summed E-state index contributed by atoms with van der Waals surface area (Å²) in [4.78, 5) is 44.8. The summed E-state index contributed by atoms with van der Waals surface area (Å²) < 4.78 is 0. The Morgan fingerprint density at radius 2 is 1.53 bits per heavy atom. The Labute approximate surface area is 199 Å². The van der Waals surface area contributed by atoms with E-state index in [9.17, 15) is 14.4 Å². The van der Waals surface area contributed by atoms with Crippen molar-refractivity contribution in [3.8, 4) is 0 Å². The predicted molar refractivity (Wildman–Crippen MR) is 133 cm³/mol. The summed E-state index contributed by atoms with van der Waals surface area (Å²) in [5.41, 5.74) is 17.5. The fourth-order valence-electron chi connectivity index (χ4n) is 3.38. The van der Waals surface area contributed by atoms with Gasteiger partial charge in [-0.2, -0.15) is 0 Å². The molecule has 0 bridgehead atoms. The van der Waals surface area contributed by atoms with Gasteiger partial charge in [-0.3, -0.25) is 19.4 Å². The maximum Gasteiger partial charge on any atom is 0.243 e. The van der Waals surface area contributed by atoms with Gasteiger partial charge in [0.15, 0.2) is 5.96 Å². The molecule has 2 aromatic carbocycles. The summed E-state index contributed by atoms with van der Waals surface area (Å²) in [6.07, 6.45) is 0.649. The highest BCUT2D eigenvalue weighted by Crippen LogP contribution is 2.21. The van der Waals surface area contributed by atoms with Crippen LogP contribution in [0.2, 0.25) is 0 Å². The lowest BCUT2D eigenvalue weighted by molar-refractivity contribution is -0.136. The number of hydrogen-bond donors (Lipinski definition) is 4. The van der Waals surface area contributed by atoms with Gasteiger partial charge in [0, 0.05) is 12.2 Å². The second-order valence-corrected chi connectivity index (χ2v) is 7.73. The molecule has 10 nitrogen and oxygen atoms in total. The Kier molecular flexibility index (Phi) is 10.5. The molecule has 2 aromatic rings. The van der Waals surface area contributed by atoms with Crippen molar-refractivity contribution in [3.63, 3.8) is 0 Å². The quantitative estimate of drug-likeness (QED) is 0.189. The van der Waals surface area contributed by atoms with Gasteiger partial charge in [0.05, 0.1) is 19.1 Å². The summed E-state index contributed by atoms with van der Waals surface area (Å²) in [5, 5.41) is 3.05. The molecule has 7 N–H and O–H groups in total. The van der Waals surface area contributed by atoms with Crippen molar-refractivity contribution in [1.29, 1.82) is 0 Å². The van der Waals surface area contributed by atoms with E-state index >= 15 is 0 Å². The highest BCUT2D eigenvalue weighted by molar-refractivity contribution is 6.00. The normalized spacial score (nSPS) is 11.3. The van der Waals surface area contributed by atoms with Crippen LogP contribution in [0.5, 0.6) is 0 Å². The second kappa shape index (κ2) is 13.6. The van der Waals surface area contributed by atoms with Crippen LogP contribution < -0.4 is 27.4 Å². The first-order valence-electron chi connectivity index (χ1n) is 11.0. The predicted octanol–water partition coefficient (Wildman–Crippen LogP) is 0.348. The van der Waals surface area contributed by atoms with E-state index in [1.165, 1.54) is 9.80 Å². The minimum atomic E-state index is -0.629. The van der Waals surface area contributed by atoms with Gasteiger partial charge >= 0.3 is 0 Å². The molecular formula is C24H33N7O3. The lowest BCUT2D eigenvalue weighted by atomic mass is 10.1. The first kappa shape index (κ1) is 26.3. The third kappa shape index (κ3) is 8.55. The van der Waals surface area contributed by atoms with Crippen LogP contribution >= 0.6 is 0 Å². The molecule has 34 heavy (non-hydrogen) atoms. The van der Waals surface area contributed by atoms with E-state index in [-0.39, 0.29) is 37.4 Å². The van der Waals surface area contributed by atoms with Gasteiger partial charge in [0.1, 0.15) is 6.54 Å². The van der Waals surface area contributed by atoms with E-state index in [0.29, 0.717) is 25.2 Å². The number of aliphatic imine (C=N–C) groups is 1. The van der Waals surface area contributed by atoms with E-state index < -0.39 is 11.9 Å². The number of guanidine groups is 1. The summed E-state index contributed by atoms with van der Waals surface area (Å²) in [5.74, 6) is -1.28. The van der Waals surface area contributed by atoms with Crippen LogP contribution in [0.1, 0.15) is 24.9 Å². The Hall–Kier alpha value is -3.92. The third-order valence-electron chi connectivity index (χ3n) is 5.14. The molecule has 3 amide bonds. The molecule has 2 rings (SSSR count). The number of anilines is 1. The molecule has 0 spiro atoms. The van der Waals surface area contributed by atoms with E-state index in [1.807, 2.05) is 43.3 Å². The molecule has 0 fully saturated rings. The molecule has 0 aliphatic carbocycles. The van der Waals surface area contributed by atoms with Gasteiger partial charge in [-0.05, 0) is 37.6 Å². The molecule has 182 valence electrons. The fourth-order valence-corrected chi connectivity index (χ4v) is 3.38. The molecule has 10 heteroatoms. The number of rotatable bonds is 13. The zero-order valence-electron chi connectivity index (χ0n) is 19.4. The number of hydrogen-bond acceptors (Lipinski definition) is 5. The van der Waals surface area contributed by atoms with E-state index in [4.69, 9.17) is 17.2 Å². The Morgan fingerprint density at radius 3 is 2.12 bits per heavy atom. The summed E-state index contributed by atoms with van der Waals surface area (Å²) >= 11 is 0. The molecule has 1 atom stereocenters. The largest absolute Gasteiger partial charge is 0.370 e. The molecule has 0 unspecified atom stereocenters. The monoisotopic (exact) mass is 467 g/mol. The van der Waals surface area contributed by atoms with Crippen molar-refractivity contribution in [2.24, 2.45) is 22.2 Å². The summed E-state index contributed by atoms with van der Waals surface area (Å²) in [6, 6.07) is 17.8. The molecule has 0 aromatic heterocycles. The lowest BCUT2D eigenvalue weighted by Gasteiger charge is -2.31. The summed E-state index contributed by atoms with van der Waals surface area (Å²) in [7, 11) is 0. The fraction of sp³-hybridized carbons (Fsp3) is 0.333. The molecular weight excluding hydrogens is 434 g/mol. The van der Waals surface area contributed by atoms with Crippen molar-refractivity contribution in [3.05, 3.63) is 66.2 Å². The van der Waals surface area contributed by atoms with Crippen LogP contribution in [-0.4, -0.2) is 61.3 Å². The highest BCUT2D eigenvalue weighted by atomic mass is 16.2. The topological polar surface area (TPSA) is 160 Å². The third-order valence-corrected chi connectivity index (χ3v) is 5.14. The molecule has 0 heterocycles. The first-order chi connectivity index (χ1) is 16.3. The van der Waals surface area contributed by atoms with Gasteiger partial charge in [-0.15, -0.1) is 0 Å². The van der Waals surface area contributed by atoms with Gasteiger partial charge in [-0.1, -0.05) is 48.5 Å². The van der Waals surface area contributed by atoms with Crippen LogP contribution in [0.25, 0.3) is 0 Å². The van der Waals surface area contributed by atoms with Crippen molar-refractivity contribution < 1.29 is 14.4 Å². The smallest absolute Gasteiger partial charge is 0.243 e. The zero-order chi connectivity index (χ0) is 24.9. The van der Waals surface area contributed by atoms with Crippen molar-refractivity contribution in [1.82, 2.24) is 10.2 Å². The number of amides is 3. The molecule has 0 saturated heterocycles. The number of nitrogens with two attached hydrogens (primary N) is 3. The number of primary amides is 1. The number of nitrogens with one attached hydrogen (secondary N) is 1. The SMILES string of the molecule is C[C@H](c1ccccc1)N(CC(N)=O)C(=O)CN(C(=O)CNCCCN=C(N)N)c1ccccc1. The number of nitrogens with zero attached hydrogens (tertiary/aromatic N) is 3. The molecule has 0 aliphatic heterocycles. The lowest BCUT2D eigenvalue weighted by Crippen LogP contribution is -2.48. The van der Waals surface area contributed by atoms with Gasteiger partial charge < -0.3 is 32.3 Å². The Balaban J connectivity index is 2.13. The average Bonchev–Trinajstić information content (AvgIpc) is 2.83. The van der Waals surface area contributed by atoms with Gasteiger partial charge in [-0.25, -0.2) is 0 Å².